The Labute approximate surface area is 122 Å². The Morgan fingerprint density at radius 2 is 1.71 bits per heavy atom. The quantitative estimate of drug-likeness (QED) is 0.688. The number of azo groups is 1. The van der Waals surface area contributed by atoms with Crippen LogP contribution in [0.15, 0.2) is 71.0 Å². The molecule has 0 radical (unpaired) electrons. The van der Waals surface area contributed by atoms with Gasteiger partial charge in [-0.2, -0.15) is 0 Å². The number of para-hydroxylation sites is 2. The molecule has 3 rings (SSSR count). The Morgan fingerprint density at radius 1 is 0.952 bits per heavy atom. The molecule has 0 aliphatic rings. The van der Waals surface area contributed by atoms with Crippen LogP contribution in [-0.2, 0) is 0 Å². The van der Waals surface area contributed by atoms with Gasteiger partial charge < -0.3 is 9.72 Å². The van der Waals surface area contributed by atoms with Gasteiger partial charge in [-0.05, 0) is 31.2 Å². The number of nitrogens with zero attached hydrogens (tertiary/aromatic N) is 3. The first kappa shape index (κ1) is 13.1. The van der Waals surface area contributed by atoms with Crippen molar-refractivity contribution in [2.24, 2.45) is 10.2 Å². The van der Waals surface area contributed by atoms with Gasteiger partial charge in [0.1, 0.15) is 11.4 Å². The summed E-state index contributed by atoms with van der Waals surface area (Å²) in [7, 11) is 0. The number of hydrogen-bond acceptors (Lipinski definition) is 4. The molecule has 5 nitrogen and oxygen atoms in total. The Morgan fingerprint density at radius 3 is 2.48 bits per heavy atom. The van der Waals surface area contributed by atoms with E-state index in [1.165, 1.54) is 0 Å². The van der Waals surface area contributed by atoms with E-state index >= 15 is 0 Å². The minimum Gasteiger partial charge on any atom is -0.455 e. The van der Waals surface area contributed by atoms with Crippen LogP contribution in [0, 0.1) is 6.92 Å². The first-order valence-electron chi connectivity index (χ1n) is 6.56. The van der Waals surface area contributed by atoms with E-state index in [0.717, 1.165) is 11.4 Å². The van der Waals surface area contributed by atoms with Gasteiger partial charge in [0.15, 0.2) is 5.75 Å². The predicted molar refractivity (Wildman–Crippen MR) is 80.5 cm³/mol. The molecule has 0 amide bonds. The van der Waals surface area contributed by atoms with E-state index in [1.54, 1.807) is 6.20 Å². The summed E-state index contributed by atoms with van der Waals surface area (Å²) in [6, 6.07) is 17.1. The number of hydrogen-bond donors (Lipinski definition) is 1. The van der Waals surface area contributed by atoms with E-state index in [9.17, 15) is 0 Å². The molecule has 0 saturated carbocycles. The monoisotopic (exact) mass is 278 g/mol. The van der Waals surface area contributed by atoms with E-state index in [4.69, 9.17) is 4.74 Å². The van der Waals surface area contributed by atoms with Crippen LogP contribution in [0.2, 0.25) is 0 Å². The molecule has 0 spiro atoms. The van der Waals surface area contributed by atoms with Crippen LogP contribution < -0.4 is 4.74 Å². The lowest BCUT2D eigenvalue weighted by molar-refractivity contribution is 0.483. The molecular weight excluding hydrogens is 264 g/mol. The topological polar surface area (TPSA) is 62.6 Å². The second kappa shape index (κ2) is 6.00. The fraction of sp³-hybridized carbons (Fsp3) is 0.0625. The van der Waals surface area contributed by atoms with Gasteiger partial charge in [-0.15, -0.1) is 10.2 Å². The first-order chi connectivity index (χ1) is 10.3. The summed E-state index contributed by atoms with van der Waals surface area (Å²) in [4.78, 5) is 7.09. The van der Waals surface area contributed by atoms with Gasteiger partial charge in [-0.1, -0.05) is 30.3 Å². The summed E-state index contributed by atoms with van der Waals surface area (Å²) in [5.74, 6) is 1.88. The fourth-order valence-electron chi connectivity index (χ4n) is 1.79. The van der Waals surface area contributed by atoms with Gasteiger partial charge in [0.2, 0.25) is 5.95 Å². The number of H-pyrrole nitrogens is 1. The highest BCUT2D eigenvalue weighted by molar-refractivity contribution is 5.52. The van der Waals surface area contributed by atoms with E-state index in [0.29, 0.717) is 17.4 Å². The zero-order chi connectivity index (χ0) is 14.5. The SMILES string of the molecule is Cc1cnc(N=Nc2ccccc2Oc2ccccc2)[nH]1. The van der Waals surface area contributed by atoms with E-state index in [-0.39, 0.29) is 0 Å². The molecule has 1 heterocycles. The third-order valence-electron chi connectivity index (χ3n) is 2.78. The molecule has 1 N–H and O–H groups in total. The molecule has 21 heavy (non-hydrogen) atoms. The average Bonchev–Trinajstić information content (AvgIpc) is 2.93. The highest BCUT2D eigenvalue weighted by Crippen LogP contribution is 2.32. The molecule has 5 heteroatoms. The van der Waals surface area contributed by atoms with Crippen LogP contribution in [0.5, 0.6) is 11.5 Å². The molecule has 0 fully saturated rings. The zero-order valence-corrected chi connectivity index (χ0v) is 11.5. The Hall–Kier alpha value is -2.95. The molecule has 0 bridgehead atoms. The normalized spacial score (nSPS) is 10.9. The number of rotatable bonds is 4. The van der Waals surface area contributed by atoms with Gasteiger partial charge in [0, 0.05) is 11.9 Å². The van der Waals surface area contributed by atoms with Gasteiger partial charge in [0.05, 0.1) is 0 Å². The third kappa shape index (κ3) is 3.33. The molecular formula is C16H14N4O. The second-order valence-corrected chi connectivity index (χ2v) is 4.47. The van der Waals surface area contributed by atoms with Crippen molar-refractivity contribution in [3.05, 3.63) is 66.5 Å². The van der Waals surface area contributed by atoms with Crippen LogP contribution in [0.25, 0.3) is 0 Å². The lowest BCUT2D eigenvalue weighted by Gasteiger charge is -2.06. The van der Waals surface area contributed by atoms with Crippen molar-refractivity contribution in [3.63, 3.8) is 0 Å². The summed E-state index contributed by atoms with van der Waals surface area (Å²) in [6.07, 6.45) is 1.71. The molecule has 3 aromatic rings. The second-order valence-electron chi connectivity index (χ2n) is 4.47. The molecule has 0 atom stereocenters. The molecule has 0 aliphatic carbocycles. The van der Waals surface area contributed by atoms with Crippen LogP contribution in [0.1, 0.15) is 5.69 Å². The number of aromatic amines is 1. The summed E-state index contributed by atoms with van der Waals surface area (Å²) >= 11 is 0. The standard InChI is InChI=1S/C16H14N4O/c1-12-11-17-16(18-12)20-19-14-9-5-6-10-15(14)21-13-7-3-2-4-8-13/h2-11H,1H3,(H,17,18). The number of benzene rings is 2. The summed E-state index contributed by atoms with van der Waals surface area (Å²) in [5, 5.41) is 8.27. The molecule has 1 aromatic heterocycles. The van der Waals surface area contributed by atoms with E-state index in [1.807, 2.05) is 61.5 Å². The van der Waals surface area contributed by atoms with Crippen molar-refractivity contribution in [2.75, 3.05) is 0 Å². The molecule has 104 valence electrons. The maximum atomic E-state index is 5.82. The van der Waals surface area contributed by atoms with Crippen LogP contribution >= 0.6 is 0 Å². The van der Waals surface area contributed by atoms with Crippen molar-refractivity contribution in [2.45, 2.75) is 6.92 Å². The van der Waals surface area contributed by atoms with Gasteiger partial charge in [0.25, 0.3) is 0 Å². The number of aromatic nitrogens is 2. The average molecular weight is 278 g/mol. The lowest BCUT2D eigenvalue weighted by atomic mass is 10.3. The molecule has 0 aliphatic heterocycles. The van der Waals surface area contributed by atoms with Crippen molar-refractivity contribution in [1.82, 2.24) is 9.97 Å². The number of imidazole rings is 1. The van der Waals surface area contributed by atoms with Gasteiger partial charge in [-0.25, -0.2) is 4.98 Å². The number of nitrogens with one attached hydrogen (secondary N) is 1. The Bertz CT molecular complexity index is 750. The minimum absolute atomic E-state index is 0.474. The van der Waals surface area contributed by atoms with E-state index < -0.39 is 0 Å². The molecule has 0 unspecified atom stereocenters. The summed E-state index contributed by atoms with van der Waals surface area (Å²) < 4.78 is 5.82. The highest BCUT2D eigenvalue weighted by Gasteiger charge is 2.03. The highest BCUT2D eigenvalue weighted by atomic mass is 16.5. The number of aryl methyl sites for hydroxylation is 1. The van der Waals surface area contributed by atoms with Crippen molar-refractivity contribution >= 4 is 11.6 Å². The maximum absolute atomic E-state index is 5.82. The lowest BCUT2D eigenvalue weighted by Crippen LogP contribution is -1.83. The molecule has 0 saturated heterocycles. The number of ether oxygens (including phenoxy) is 1. The van der Waals surface area contributed by atoms with Crippen LogP contribution in [0.3, 0.4) is 0 Å². The van der Waals surface area contributed by atoms with Crippen LogP contribution in [-0.4, -0.2) is 9.97 Å². The third-order valence-corrected chi connectivity index (χ3v) is 2.78. The van der Waals surface area contributed by atoms with Crippen molar-refractivity contribution < 1.29 is 4.74 Å². The maximum Gasteiger partial charge on any atom is 0.246 e. The van der Waals surface area contributed by atoms with Crippen molar-refractivity contribution in [3.8, 4) is 11.5 Å². The predicted octanol–water partition coefficient (Wildman–Crippen LogP) is 4.93. The Balaban J connectivity index is 1.84. The zero-order valence-electron chi connectivity index (χ0n) is 11.5. The van der Waals surface area contributed by atoms with Crippen molar-refractivity contribution in [1.29, 1.82) is 0 Å². The first-order valence-corrected chi connectivity index (χ1v) is 6.56. The van der Waals surface area contributed by atoms with Gasteiger partial charge in [-0.3, -0.25) is 0 Å². The fourth-order valence-corrected chi connectivity index (χ4v) is 1.79. The Kier molecular flexibility index (Phi) is 3.73. The van der Waals surface area contributed by atoms with Gasteiger partial charge >= 0.3 is 0 Å². The van der Waals surface area contributed by atoms with E-state index in [2.05, 4.69) is 20.2 Å². The molecule has 2 aromatic carbocycles. The largest absolute Gasteiger partial charge is 0.455 e. The van der Waals surface area contributed by atoms with Crippen LogP contribution in [0.4, 0.5) is 11.6 Å². The smallest absolute Gasteiger partial charge is 0.246 e. The summed E-state index contributed by atoms with van der Waals surface area (Å²) in [5.41, 5.74) is 1.59. The summed E-state index contributed by atoms with van der Waals surface area (Å²) in [6.45, 7) is 1.92. The minimum atomic E-state index is 0.474.